The second-order valence-corrected chi connectivity index (χ2v) is 6.56. The molecular weight excluding hydrogens is 302 g/mol. The Hall–Kier alpha value is -2.43. The molecule has 1 atom stereocenters. The van der Waals surface area contributed by atoms with Crippen molar-refractivity contribution in [2.45, 2.75) is 33.6 Å². The first kappa shape index (κ1) is 16.4. The van der Waals surface area contributed by atoms with Crippen molar-refractivity contribution >= 4 is 22.5 Å². The topological polar surface area (TPSA) is 54.7 Å². The van der Waals surface area contributed by atoms with Crippen LogP contribution >= 0.6 is 0 Å². The third kappa shape index (κ3) is 2.75. The Balaban J connectivity index is 2.13. The molecule has 0 radical (unpaired) electrons. The first-order valence-electron chi connectivity index (χ1n) is 8.42. The molecule has 2 heterocycles. The standard InChI is InChI=1S/C19H23N3O2/c1-5-8-22-18(24)10-13(3)19(20-22)14-6-7-16-15(11-14)12(2)9-17(23)21(16)4/h6-7,9,11,13H,5,8,10H2,1-4H3. The van der Waals surface area contributed by atoms with Gasteiger partial charge in [-0.1, -0.05) is 19.9 Å². The summed E-state index contributed by atoms with van der Waals surface area (Å²) in [5, 5.41) is 7.25. The zero-order chi connectivity index (χ0) is 17.4. The van der Waals surface area contributed by atoms with Gasteiger partial charge >= 0.3 is 0 Å². The van der Waals surface area contributed by atoms with Gasteiger partial charge in [0.1, 0.15) is 0 Å². The molecule has 24 heavy (non-hydrogen) atoms. The Bertz CT molecular complexity index is 895. The molecule has 0 spiro atoms. The summed E-state index contributed by atoms with van der Waals surface area (Å²) in [6.07, 6.45) is 1.37. The molecule has 0 aliphatic carbocycles. The Morgan fingerprint density at radius 2 is 2.00 bits per heavy atom. The minimum absolute atomic E-state index is 0.00385. The molecule has 1 aromatic heterocycles. The number of rotatable bonds is 3. The number of carbonyl (C=O) groups is 1. The number of aromatic nitrogens is 1. The molecule has 0 fully saturated rings. The Labute approximate surface area is 141 Å². The SMILES string of the molecule is CCCN1N=C(c2ccc3c(c2)c(C)cc(=O)n3C)C(C)CC1=O. The Kier molecular flexibility index (Phi) is 4.26. The summed E-state index contributed by atoms with van der Waals surface area (Å²) in [6, 6.07) is 7.70. The average molecular weight is 325 g/mol. The minimum atomic E-state index is -0.00385. The van der Waals surface area contributed by atoms with Crippen LogP contribution in [0.25, 0.3) is 10.9 Å². The van der Waals surface area contributed by atoms with Crippen molar-refractivity contribution in [3.8, 4) is 0 Å². The summed E-state index contributed by atoms with van der Waals surface area (Å²) in [5.74, 6) is 0.184. The highest BCUT2D eigenvalue weighted by molar-refractivity contribution is 6.07. The van der Waals surface area contributed by atoms with Gasteiger partial charge in [0.2, 0.25) is 5.91 Å². The fourth-order valence-electron chi connectivity index (χ4n) is 3.26. The lowest BCUT2D eigenvalue weighted by molar-refractivity contribution is -0.132. The predicted molar refractivity (Wildman–Crippen MR) is 96.2 cm³/mol. The van der Waals surface area contributed by atoms with E-state index in [4.69, 9.17) is 0 Å². The predicted octanol–water partition coefficient (Wildman–Crippen LogP) is 2.83. The van der Waals surface area contributed by atoms with Gasteiger partial charge in [-0.05, 0) is 36.6 Å². The zero-order valence-electron chi connectivity index (χ0n) is 14.7. The lowest BCUT2D eigenvalue weighted by Gasteiger charge is -2.27. The van der Waals surface area contributed by atoms with Gasteiger partial charge < -0.3 is 4.57 Å². The van der Waals surface area contributed by atoms with Gasteiger partial charge in [-0.15, -0.1) is 0 Å². The highest BCUT2D eigenvalue weighted by Crippen LogP contribution is 2.24. The fraction of sp³-hybridized carbons (Fsp3) is 0.421. The molecule has 0 N–H and O–H groups in total. The number of hydrazone groups is 1. The van der Waals surface area contributed by atoms with Gasteiger partial charge in [0, 0.05) is 37.4 Å². The summed E-state index contributed by atoms with van der Waals surface area (Å²) in [6.45, 7) is 6.68. The van der Waals surface area contributed by atoms with Crippen molar-refractivity contribution in [3.63, 3.8) is 0 Å². The summed E-state index contributed by atoms with van der Waals surface area (Å²) in [7, 11) is 1.78. The van der Waals surface area contributed by atoms with E-state index in [-0.39, 0.29) is 17.4 Å². The molecule has 1 aromatic carbocycles. The molecule has 1 amide bonds. The van der Waals surface area contributed by atoms with Crippen LogP contribution in [0.1, 0.15) is 37.8 Å². The van der Waals surface area contributed by atoms with Crippen LogP contribution in [-0.2, 0) is 11.8 Å². The normalized spacial score (nSPS) is 18.2. The highest BCUT2D eigenvalue weighted by Gasteiger charge is 2.27. The smallest absolute Gasteiger partial charge is 0.251 e. The fourth-order valence-corrected chi connectivity index (χ4v) is 3.26. The molecule has 0 saturated carbocycles. The number of hydrogen-bond donors (Lipinski definition) is 0. The van der Waals surface area contributed by atoms with Crippen LogP contribution in [0, 0.1) is 12.8 Å². The highest BCUT2D eigenvalue weighted by atomic mass is 16.2. The summed E-state index contributed by atoms with van der Waals surface area (Å²) < 4.78 is 1.66. The van der Waals surface area contributed by atoms with Gasteiger partial charge in [-0.25, -0.2) is 5.01 Å². The monoisotopic (exact) mass is 325 g/mol. The molecule has 126 valence electrons. The van der Waals surface area contributed by atoms with E-state index >= 15 is 0 Å². The largest absolute Gasteiger partial charge is 0.311 e. The van der Waals surface area contributed by atoms with Gasteiger partial charge in [0.25, 0.3) is 5.56 Å². The molecule has 0 bridgehead atoms. The Morgan fingerprint density at radius 1 is 1.25 bits per heavy atom. The van der Waals surface area contributed by atoms with Crippen LogP contribution in [0.5, 0.6) is 0 Å². The number of fused-ring (bicyclic) bond motifs is 1. The van der Waals surface area contributed by atoms with Crippen LogP contribution in [0.2, 0.25) is 0 Å². The molecule has 2 aromatic rings. The van der Waals surface area contributed by atoms with E-state index in [2.05, 4.69) is 11.2 Å². The summed E-state index contributed by atoms with van der Waals surface area (Å²) in [5.41, 5.74) is 3.83. The minimum Gasteiger partial charge on any atom is -0.311 e. The van der Waals surface area contributed by atoms with E-state index in [1.165, 1.54) is 0 Å². The Morgan fingerprint density at radius 3 is 2.71 bits per heavy atom. The number of pyridine rings is 1. The van der Waals surface area contributed by atoms with Gasteiger partial charge in [-0.3, -0.25) is 9.59 Å². The number of aryl methyl sites for hydroxylation is 2. The second-order valence-electron chi connectivity index (χ2n) is 6.56. The quantitative estimate of drug-likeness (QED) is 0.871. The van der Waals surface area contributed by atoms with Crippen molar-refractivity contribution < 1.29 is 4.79 Å². The zero-order valence-corrected chi connectivity index (χ0v) is 14.7. The van der Waals surface area contributed by atoms with Gasteiger partial charge in [-0.2, -0.15) is 5.10 Å². The van der Waals surface area contributed by atoms with Crippen LogP contribution < -0.4 is 5.56 Å². The van der Waals surface area contributed by atoms with E-state index in [0.717, 1.165) is 34.2 Å². The van der Waals surface area contributed by atoms with Crippen LogP contribution in [-0.4, -0.2) is 27.7 Å². The van der Waals surface area contributed by atoms with Crippen LogP contribution in [0.15, 0.2) is 34.2 Å². The number of amides is 1. The number of nitrogens with zero attached hydrogens (tertiary/aromatic N) is 3. The van der Waals surface area contributed by atoms with Crippen molar-refractivity contribution in [2.24, 2.45) is 18.1 Å². The second kappa shape index (κ2) is 6.23. The van der Waals surface area contributed by atoms with E-state index in [1.807, 2.05) is 32.9 Å². The maximum Gasteiger partial charge on any atom is 0.251 e. The van der Waals surface area contributed by atoms with Gasteiger partial charge in [0.15, 0.2) is 0 Å². The summed E-state index contributed by atoms with van der Waals surface area (Å²) in [4.78, 5) is 24.0. The lowest BCUT2D eigenvalue weighted by atomic mass is 9.92. The maximum absolute atomic E-state index is 12.1. The molecule has 3 rings (SSSR count). The molecule has 0 saturated heterocycles. The van der Waals surface area contributed by atoms with E-state index in [9.17, 15) is 9.59 Å². The number of hydrogen-bond acceptors (Lipinski definition) is 3. The first-order chi connectivity index (χ1) is 11.4. The number of benzene rings is 1. The third-order valence-corrected chi connectivity index (χ3v) is 4.65. The average Bonchev–Trinajstić information content (AvgIpc) is 2.55. The summed E-state index contributed by atoms with van der Waals surface area (Å²) >= 11 is 0. The molecular formula is C19H23N3O2. The van der Waals surface area contributed by atoms with Crippen molar-refractivity contribution in [1.29, 1.82) is 0 Å². The van der Waals surface area contributed by atoms with E-state index in [0.29, 0.717) is 13.0 Å². The van der Waals surface area contributed by atoms with E-state index < -0.39 is 0 Å². The van der Waals surface area contributed by atoms with Gasteiger partial charge in [0.05, 0.1) is 11.2 Å². The molecule has 5 heteroatoms. The lowest BCUT2D eigenvalue weighted by Crippen LogP contribution is -2.36. The van der Waals surface area contributed by atoms with Crippen molar-refractivity contribution in [3.05, 3.63) is 45.7 Å². The first-order valence-corrected chi connectivity index (χ1v) is 8.42. The molecule has 1 aliphatic rings. The third-order valence-electron chi connectivity index (χ3n) is 4.65. The van der Waals surface area contributed by atoms with Crippen molar-refractivity contribution in [2.75, 3.05) is 6.54 Å². The maximum atomic E-state index is 12.1. The van der Waals surface area contributed by atoms with Crippen LogP contribution in [0.4, 0.5) is 0 Å². The van der Waals surface area contributed by atoms with Crippen LogP contribution in [0.3, 0.4) is 0 Å². The van der Waals surface area contributed by atoms with Crippen molar-refractivity contribution in [1.82, 2.24) is 9.58 Å². The number of carbonyl (C=O) groups excluding carboxylic acids is 1. The molecule has 5 nitrogen and oxygen atoms in total. The van der Waals surface area contributed by atoms with E-state index in [1.54, 1.807) is 22.7 Å². The molecule has 1 aliphatic heterocycles. The molecule has 1 unspecified atom stereocenters.